The molecule has 0 saturated heterocycles. The molecule has 0 atom stereocenters. The molecular weight excluding hydrogens is 315 g/mol. The minimum Gasteiger partial charge on any atom is -0.484 e. The fourth-order valence-electron chi connectivity index (χ4n) is 2.30. The lowest BCUT2D eigenvalue weighted by atomic mass is 10.2. The summed E-state index contributed by atoms with van der Waals surface area (Å²) >= 11 is 0. The van der Waals surface area contributed by atoms with Crippen molar-refractivity contribution in [3.05, 3.63) is 47.8 Å². The number of aryl methyl sites for hydroxylation is 1. The van der Waals surface area contributed by atoms with Crippen molar-refractivity contribution in [2.45, 2.75) is 6.92 Å². The van der Waals surface area contributed by atoms with Gasteiger partial charge in [-0.25, -0.2) is 4.39 Å². The number of hydrogen-bond acceptors (Lipinski definition) is 4. The lowest BCUT2D eigenvalue weighted by molar-refractivity contribution is -0.118. The highest BCUT2D eigenvalue weighted by Crippen LogP contribution is 2.36. The number of nitrogens with one attached hydrogen (secondary N) is 2. The zero-order chi connectivity index (χ0) is 17.1. The van der Waals surface area contributed by atoms with Crippen molar-refractivity contribution < 1.29 is 23.5 Å². The average molecular weight is 330 g/mol. The Bertz CT molecular complexity index is 807. The molecule has 0 saturated carbocycles. The summed E-state index contributed by atoms with van der Waals surface area (Å²) in [5, 5.41) is 5.02. The van der Waals surface area contributed by atoms with E-state index in [4.69, 9.17) is 9.47 Å². The second kappa shape index (κ2) is 6.57. The Labute approximate surface area is 137 Å². The molecule has 3 rings (SSSR count). The van der Waals surface area contributed by atoms with E-state index in [-0.39, 0.29) is 36.2 Å². The smallest absolute Gasteiger partial charge is 0.262 e. The number of benzene rings is 2. The molecule has 0 aliphatic carbocycles. The van der Waals surface area contributed by atoms with Gasteiger partial charge in [0, 0.05) is 12.1 Å². The van der Waals surface area contributed by atoms with Crippen molar-refractivity contribution in [3.8, 4) is 11.5 Å². The van der Waals surface area contributed by atoms with E-state index in [1.165, 1.54) is 0 Å². The van der Waals surface area contributed by atoms with Gasteiger partial charge in [0.2, 0.25) is 0 Å². The van der Waals surface area contributed by atoms with Gasteiger partial charge in [-0.3, -0.25) is 9.59 Å². The lowest BCUT2D eigenvalue weighted by Crippen LogP contribution is -2.27. The zero-order valence-electron chi connectivity index (χ0n) is 12.9. The Kier molecular flexibility index (Phi) is 4.33. The van der Waals surface area contributed by atoms with Crippen molar-refractivity contribution in [1.29, 1.82) is 0 Å². The van der Waals surface area contributed by atoms with E-state index in [0.717, 1.165) is 17.7 Å². The topological polar surface area (TPSA) is 76.7 Å². The first kappa shape index (κ1) is 15.8. The summed E-state index contributed by atoms with van der Waals surface area (Å²) < 4.78 is 24.3. The van der Waals surface area contributed by atoms with E-state index in [2.05, 4.69) is 10.6 Å². The summed E-state index contributed by atoms with van der Waals surface area (Å²) in [6.45, 7) is 1.49. The molecule has 0 radical (unpaired) electrons. The van der Waals surface area contributed by atoms with Gasteiger partial charge in [-0.15, -0.1) is 0 Å². The standard InChI is InChI=1S/C17H15FN2O4/c1-10-3-2-4-12(5-10)23-8-15(21)19-13-6-11(18)7-14-17(13)24-9-16(22)20-14/h2-7H,8-9H2,1H3,(H,19,21)(H,20,22). The number of anilines is 2. The summed E-state index contributed by atoms with van der Waals surface area (Å²) in [7, 11) is 0. The molecule has 7 heteroatoms. The quantitative estimate of drug-likeness (QED) is 0.903. The molecule has 2 aromatic rings. The Balaban J connectivity index is 1.69. The van der Waals surface area contributed by atoms with E-state index in [1.54, 1.807) is 12.1 Å². The SMILES string of the molecule is Cc1cccc(OCC(=O)Nc2cc(F)cc3c2OCC(=O)N3)c1. The van der Waals surface area contributed by atoms with Crippen LogP contribution in [0.4, 0.5) is 15.8 Å². The van der Waals surface area contributed by atoms with Gasteiger partial charge in [-0.2, -0.15) is 0 Å². The van der Waals surface area contributed by atoms with Crippen molar-refractivity contribution in [2.24, 2.45) is 0 Å². The zero-order valence-corrected chi connectivity index (χ0v) is 12.9. The largest absolute Gasteiger partial charge is 0.484 e. The molecule has 2 N–H and O–H groups in total. The maximum absolute atomic E-state index is 13.6. The minimum atomic E-state index is -0.602. The van der Waals surface area contributed by atoms with E-state index < -0.39 is 11.7 Å². The molecule has 6 nitrogen and oxygen atoms in total. The first-order valence-electron chi connectivity index (χ1n) is 7.27. The summed E-state index contributed by atoms with van der Waals surface area (Å²) in [4.78, 5) is 23.3. The summed E-state index contributed by atoms with van der Waals surface area (Å²) in [6.07, 6.45) is 0. The third-order valence-electron chi connectivity index (χ3n) is 3.31. The predicted octanol–water partition coefficient (Wildman–Crippen LogP) is 2.48. The number of rotatable bonds is 4. The summed E-state index contributed by atoms with van der Waals surface area (Å²) in [5.41, 5.74) is 1.33. The number of ether oxygens (including phenoxy) is 2. The highest BCUT2D eigenvalue weighted by Gasteiger charge is 2.21. The van der Waals surface area contributed by atoms with Crippen LogP contribution in [0.5, 0.6) is 11.5 Å². The summed E-state index contributed by atoms with van der Waals surface area (Å²) in [6, 6.07) is 9.53. The number of carbonyl (C=O) groups is 2. The second-order valence-electron chi connectivity index (χ2n) is 5.32. The minimum absolute atomic E-state index is 0.142. The van der Waals surface area contributed by atoms with Crippen LogP contribution in [0.15, 0.2) is 36.4 Å². The van der Waals surface area contributed by atoms with Crippen LogP contribution in [-0.4, -0.2) is 25.0 Å². The van der Waals surface area contributed by atoms with Crippen molar-refractivity contribution in [3.63, 3.8) is 0 Å². The number of hydrogen-bond donors (Lipinski definition) is 2. The highest BCUT2D eigenvalue weighted by molar-refractivity contribution is 6.00. The number of halogens is 1. The lowest BCUT2D eigenvalue weighted by Gasteiger charge is -2.21. The van der Waals surface area contributed by atoms with Gasteiger partial charge in [0.25, 0.3) is 11.8 Å². The van der Waals surface area contributed by atoms with Crippen LogP contribution in [0.2, 0.25) is 0 Å². The molecule has 0 aromatic heterocycles. The van der Waals surface area contributed by atoms with Gasteiger partial charge in [-0.1, -0.05) is 12.1 Å². The molecule has 1 aliphatic rings. The fourth-order valence-corrected chi connectivity index (χ4v) is 2.30. The third-order valence-corrected chi connectivity index (χ3v) is 3.31. The van der Waals surface area contributed by atoms with Gasteiger partial charge in [0.15, 0.2) is 19.0 Å². The Morgan fingerprint density at radius 3 is 3.00 bits per heavy atom. The molecule has 0 fully saturated rings. The van der Waals surface area contributed by atoms with Crippen LogP contribution in [0.3, 0.4) is 0 Å². The fraction of sp³-hybridized carbons (Fsp3) is 0.176. The van der Waals surface area contributed by atoms with Crippen LogP contribution in [0, 0.1) is 12.7 Å². The van der Waals surface area contributed by atoms with E-state index in [9.17, 15) is 14.0 Å². The van der Waals surface area contributed by atoms with Crippen LogP contribution >= 0.6 is 0 Å². The Morgan fingerprint density at radius 2 is 2.21 bits per heavy atom. The maximum atomic E-state index is 13.6. The van der Waals surface area contributed by atoms with Crippen molar-refractivity contribution in [1.82, 2.24) is 0 Å². The first-order chi connectivity index (χ1) is 11.5. The third kappa shape index (κ3) is 3.62. The molecule has 24 heavy (non-hydrogen) atoms. The number of carbonyl (C=O) groups excluding carboxylic acids is 2. The van der Waals surface area contributed by atoms with Gasteiger partial charge in [0.1, 0.15) is 11.6 Å². The van der Waals surface area contributed by atoms with E-state index >= 15 is 0 Å². The highest BCUT2D eigenvalue weighted by atomic mass is 19.1. The molecule has 1 aliphatic heterocycles. The molecule has 0 bridgehead atoms. The van der Waals surface area contributed by atoms with Crippen LogP contribution in [0.1, 0.15) is 5.56 Å². The summed E-state index contributed by atoms with van der Waals surface area (Å²) in [5.74, 6) is -0.665. The molecular formula is C17H15FN2O4. The van der Waals surface area contributed by atoms with E-state index in [0.29, 0.717) is 5.75 Å². The molecule has 1 heterocycles. The number of fused-ring (bicyclic) bond motifs is 1. The van der Waals surface area contributed by atoms with E-state index in [1.807, 2.05) is 19.1 Å². The second-order valence-corrected chi connectivity index (χ2v) is 5.32. The van der Waals surface area contributed by atoms with Crippen LogP contribution < -0.4 is 20.1 Å². The molecule has 0 unspecified atom stereocenters. The molecule has 2 aromatic carbocycles. The molecule has 124 valence electrons. The van der Waals surface area contributed by atoms with Crippen LogP contribution in [-0.2, 0) is 9.59 Å². The maximum Gasteiger partial charge on any atom is 0.262 e. The predicted molar refractivity (Wildman–Crippen MR) is 85.8 cm³/mol. The van der Waals surface area contributed by atoms with Crippen LogP contribution in [0.25, 0.3) is 0 Å². The normalized spacial score (nSPS) is 12.7. The average Bonchev–Trinajstić information content (AvgIpc) is 2.52. The van der Waals surface area contributed by atoms with Gasteiger partial charge in [0.05, 0.1) is 11.4 Å². The Morgan fingerprint density at radius 1 is 1.38 bits per heavy atom. The van der Waals surface area contributed by atoms with Gasteiger partial charge in [-0.05, 0) is 24.6 Å². The molecule has 2 amide bonds. The monoisotopic (exact) mass is 330 g/mol. The van der Waals surface area contributed by atoms with Crippen molar-refractivity contribution >= 4 is 23.2 Å². The van der Waals surface area contributed by atoms with Gasteiger partial charge >= 0.3 is 0 Å². The first-order valence-corrected chi connectivity index (χ1v) is 7.27. The van der Waals surface area contributed by atoms with Crippen molar-refractivity contribution in [2.75, 3.05) is 23.8 Å². The number of amides is 2. The Hall–Kier alpha value is -3.09. The van der Waals surface area contributed by atoms with Gasteiger partial charge < -0.3 is 20.1 Å². The molecule has 0 spiro atoms.